The SMILES string of the molecule is CC(C)Oc1ccc(Br)c(CC2CCN(CC3CN(c4ccccc4)C(=O)S3)CC2)c1. The van der Waals surface area contributed by atoms with Crippen molar-refractivity contribution >= 4 is 38.6 Å². The van der Waals surface area contributed by atoms with Gasteiger partial charge in [0.2, 0.25) is 0 Å². The summed E-state index contributed by atoms with van der Waals surface area (Å²) in [5.41, 5.74) is 2.35. The van der Waals surface area contributed by atoms with Gasteiger partial charge in [0, 0.05) is 28.5 Å². The summed E-state index contributed by atoms with van der Waals surface area (Å²) in [5.74, 6) is 1.65. The number of likely N-dealkylation sites (tertiary alicyclic amines) is 1. The van der Waals surface area contributed by atoms with E-state index in [9.17, 15) is 4.79 Å². The molecule has 4 rings (SSSR count). The van der Waals surface area contributed by atoms with Crippen LogP contribution >= 0.6 is 27.7 Å². The number of rotatable bonds is 7. The number of benzene rings is 2. The van der Waals surface area contributed by atoms with E-state index >= 15 is 0 Å². The maximum Gasteiger partial charge on any atom is 0.286 e. The van der Waals surface area contributed by atoms with Crippen molar-refractivity contribution in [3.8, 4) is 5.75 Å². The summed E-state index contributed by atoms with van der Waals surface area (Å²) in [5, 5.41) is 0.530. The van der Waals surface area contributed by atoms with Crippen LogP contribution in [-0.2, 0) is 6.42 Å². The fraction of sp³-hybridized carbons (Fsp3) is 0.480. The van der Waals surface area contributed by atoms with Crippen molar-refractivity contribution in [3.63, 3.8) is 0 Å². The Bertz CT molecular complexity index is 884. The quantitative estimate of drug-likeness (QED) is 0.448. The van der Waals surface area contributed by atoms with Crippen molar-refractivity contribution in [1.29, 1.82) is 0 Å². The monoisotopic (exact) mass is 502 g/mol. The molecule has 2 aromatic carbocycles. The molecule has 0 aromatic heterocycles. The number of amides is 1. The lowest BCUT2D eigenvalue weighted by molar-refractivity contribution is 0.185. The van der Waals surface area contributed by atoms with Gasteiger partial charge in [0.05, 0.1) is 6.10 Å². The van der Waals surface area contributed by atoms with Crippen LogP contribution in [0.25, 0.3) is 0 Å². The largest absolute Gasteiger partial charge is 0.491 e. The molecule has 31 heavy (non-hydrogen) atoms. The number of hydrogen-bond donors (Lipinski definition) is 0. The Balaban J connectivity index is 1.26. The van der Waals surface area contributed by atoms with Crippen molar-refractivity contribution < 1.29 is 9.53 Å². The summed E-state index contributed by atoms with van der Waals surface area (Å²) in [7, 11) is 0. The highest BCUT2D eigenvalue weighted by molar-refractivity contribution is 9.10. The first kappa shape index (κ1) is 22.7. The zero-order valence-electron chi connectivity index (χ0n) is 18.3. The van der Waals surface area contributed by atoms with Crippen molar-refractivity contribution in [2.24, 2.45) is 5.92 Å². The standard InChI is InChI=1S/C25H31BrN2O2S/c1-18(2)30-22-8-9-24(26)20(15-22)14-19-10-12-27(13-11-19)16-23-17-28(25(29)31-23)21-6-4-3-5-7-21/h3-9,15,18-19,23H,10-14,16-17H2,1-2H3. The smallest absolute Gasteiger partial charge is 0.286 e. The van der Waals surface area contributed by atoms with E-state index in [1.54, 1.807) is 0 Å². The zero-order valence-corrected chi connectivity index (χ0v) is 20.7. The van der Waals surface area contributed by atoms with E-state index in [1.165, 1.54) is 34.6 Å². The first-order chi connectivity index (χ1) is 15.0. The molecule has 0 radical (unpaired) electrons. The van der Waals surface area contributed by atoms with E-state index in [0.29, 0.717) is 11.2 Å². The number of ether oxygens (including phenoxy) is 1. The number of piperidine rings is 1. The van der Waals surface area contributed by atoms with Gasteiger partial charge in [0.15, 0.2) is 0 Å². The molecule has 1 amide bonds. The van der Waals surface area contributed by atoms with Gasteiger partial charge in [-0.25, -0.2) is 0 Å². The van der Waals surface area contributed by atoms with Crippen LogP contribution in [0.3, 0.4) is 0 Å². The minimum absolute atomic E-state index is 0.180. The van der Waals surface area contributed by atoms with E-state index in [-0.39, 0.29) is 11.3 Å². The van der Waals surface area contributed by atoms with Crippen molar-refractivity contribution in [3.05, 3.63) is 58.6 Å². The van der Waals surface area contributed by atoms with Gasteiger partial charge in [0.1, 0.15) is 5.75 Å². The summed E-state index contributed by atoms with van der Waals surface area (Å²) < 4.78 is 7.05. The van der Waals surface area contributed by atoms with Gasteiger partial charge < -0.3 is 14.5 Å². The van der Waals surface area contributed by atoms with Crippen LogP contribution in [0.2, 0.25) is 0 Å². The first-order valence-corrected chi connectivity index (χ1v) is 12.9. The molecular weight excluding hydrogens is 472 g/mol. The normalized spacial score (nSPS) is 20.6. The number of nitrogens with zero attached hydrogens (tertiary/aromatic N) is 2. The highest BCUT2D eigenvalue weighted by atomic mass is 79.9. The van der Waals surface area contributed by atoms with Gasteiger partial charge >= 0.3 is 0 Å². The van der Waals surface area contributed by atoms with Gasteiger partial charge in [-0.15, -0.1) is 0 Å². The Morgan fingerprint density at radius 3 is 2.58 bits per heavy atom. The average molecular weight is 504 g/mol. The second-order valence-electron chi connectivity index (χ2n) is 8.82. The van der Waals surface area contributed by atoms with Crippen molar-refractivity contribution in [2.45, 2.75) is 44.5 Å². The van der Waals surface area contributed by atoms with Crippen LogP contribution in [0.1, 0.15) is 32.3 Å². The van der Waals surface area contributed by atoms with Crippen molar-refractivity contribution in [1.82, 2.24) is 4.90 Å². The number of halogens is 1. The number of thioether (sulfide) groups is 1. The molecule has 2 aromatic rings. The second kappa shape index (κ2) is 10.4. The Labute approximate surface area is 198 Å². The molecule has 1 atom stereocenters. The molecule has 4 nitrogen and oxygen atoms in total. The lowest BCUT2D eigenvalue weighted by Crippen LogP contribution is -2.39. The molecule has 0 N–H and O–H groups in total. The number of hydrogen-bond acceptors (Lipinski definition) is 4. The summed E-state index contributed by atoms with van der Waals surface area (Å²) in [6.07, 6.45) is 3.68. The van der Waals surface area contributed by atoms with Gasteiger partial charge in [-0.05, 0) is 88.0 Å². The summed E-state index contributed by atoms with van der Waals surface area (Å²) in [6.45, 7) is 8.15. The van der Waals surface area contributed by atoms with E-state index in [2.05, 4.69) is 46.8 Å². The molecule has 0 spiro atoms. The predicted octanol–water partition coefficient (Wildman–Crippen LogP) is 6.23. The van der Waals surface area contributed by atoms with E-state index in [4.69, 9.17) is 4.74 Å². The Kier molecular flexibility index (Phi) is 7.62. The minimum Gasteiger partial charge on any atom is -0.491 e. The molecule has 1 unspecified atom stereocenters. The molecule has 2 fully saturated rings. The topological polar surface area (TPSA) is 32.8 Å². The van der Waals surface area contributed by atoms with Gasteiger partial charge in [0.25, 0.3) is 5.24 Å². The maximum absolute atomic E-state index is 12.5. The Morgan fingerprint density at radius 1 is 1.13 bits per heavy atom. The zero-order chi connectivity index (χ0) is 21.8. The first-order valence-electron chi connectivity index (χ1n) is 11.2. The van der Waals surface area contributed by atoms with E-state index in [0.717, 1.165) is 44.0 Å². The molecule has 0 bridgehead atoms. The fourth-order valence-corrected chi connectivity index (χ4v) is 5.97. The van der Waals surface area contributed by atoms with E-state index < -0.39 is 0 Å². The van der Waals surface area contributed by atoms with Crippen LogP contribution in [0.5, 0.6) is 5.75 Å². The third-order valence-corrected chi connectivity index (χ3v) is 7.84. The minimum atomic E-state index is 0.180. The van der Waals surface area contributed by atoms with Gasteiger partial charge in [-0.1, -0.05) is 45.9 Å². The lowest BCUT2D eigenvalue weighted by atomic mass is 9.90. The number of anilines is 1. The Morgan fingerprint density at radius 2 is 1.87 bits per heavy atom. The van der Waals surface area contributed by atoms with Gasteiger partial charge in [-0.2, -0.15) is 0 Å². The summed E-state index contributed by atoms with van der Waals surface area (Å²) in [6, 6.07) is 16.4. The molecule has 2 saturated heterocycles. The van der Waals surface area contributed by atoms with E-state index in [1.807, 2.05) is 41.3 Å². The number of para-hydroxylation sites is 1. The predicted molar refractivity (Wildman–Crippen MR) is 133 cm³/mol. The van der Waals surface area contributed by atoms with Crippen LogP contribution in [-0.4, -0.2) is 47.7 Å². The average Bonchev–Trinajstić information content (AvgIpc) is 3.12. The van der Waals surface area contributed by atoms with Crippen LogP contribution < -0.4 is 9.64 Å². The highest BCUT2D eigenvalue weighted by Gasteiger charge is 2.33. The highest BCUT2D eigenvalue weighted by Crippen LogP contribution is 2.33. The third-order valence-electron chi connectivity index (χ3n) is 6.01. The third kappa shape index (κ3) is 6.05. The molecule has 0 saturated carbocycles. The second-order valence-corrected chi connectivity index (χ2v) is 10.9. The summed E-state index contributed by atoms with van der Waals surface area (Å²) in [4.78, 5) is 16.9. The fourth-order valence-electron chi connectivity index (χ4n) is 4.46. The molecular formula is C25H31BrN2O2S. The van der Waals surface area contributed by atoms with Crippen LogP contribution in [0.15, 0.2) is 53.0 Å². The lowest BCUT2D eigenvalue weighted by Gasteiger charge is -2.33. The molecule has 166 valence electrons. The van der Waals surface area contributed by atoms with Crippen LogP contribution in [0.4, 0.5) is 10.5 Å². The summed E-state index contributed by atoms with van der Waals surface area (Å²) >= 11 is 5.22. The maximum atomic E-state index is 12.5. The molecule has 2 aliphatic rings. The molecule has 2 heterocycles. The Hall–Kier alpha value is -1.50. The number of carbonyl (C=O) groups excluding carboxylic acids is 1. The van der Waals surface area contributed by atoms with Crippen LogP contribution in [0, 0.1) is 5.92 Å². The molecule has 6 heteroatoms. The van der Waals surface area contributed by atoms with Gasteiger partial charge in [-0.3, -0.25) is 4.79 Å². The number of carbonyl (C=O) groups is 1. The molecule has 2 aliphatic heterocycles. The van der Waals surface area contributed by atoms with Crippen molar-refractivity contribution in [2.75, 3.05) is 31.1 Å². The molecule has 0 aliphatic carbocycles.